The summed E-state index contributed by atoms with van der Waals surface area (Å²) >= 11 is 0. The van der Waals surface area contributed by atoms with E-state index >= 15 is 0 Å². The number of rotatable bonds is 5. The van der Waals surface area contributed by atoms with Gasteiger partial charge < -0.3 is 15.5 Å². The molecule has 2 saturated heterocycles. The van der Waals surface area contributed by atoms with E-state index in [0.29, 0.717) is 24.3 Å². The van der Waals surface area contributed by atoms with Crippen LogP contribution in [0.25, 0.3) is 0 Å². The SMILES string of the molecule is CCC1NC(=O)N(c2cccc(NC(=O)N3CCCN(Cc4ccccc4)CC3C)c2)C1=O. The molecule has 8 heteroatoms. The Labute approximate surface area is 194 Å². The highest BCUT2D eigenvalue weighted by Crippen LogP contribution is 2.24. The minimum Gasteiger partial charge on any atom is -0.325 e. The van der Waals surface area contributed by atoms with Crippen LogP contribution in [-0.4, -0.2) is 59.5 Å². The second kappa shape index (κ2) is 10.0. The number of hydrogen-bond acceptors (Lipinski definition) is 4. The Bertz CT molecular complexity index is 1010. The summed E-state index contributed by atoms with van der Waals surface area (Å²) in [4.78, 5) is 43.3. The van der Waals surface area contributed by atoms with Gasteiger partial charge in [0, 0.05) is 37.9 Å². The molecule has 2 aliphatic heterocycles. The average molecular weight is 450 g/mol. The number of urea groups is 2. The van der Waals surface area contributed by atoms with Gasteiger partial charge in [0.05, 0.1) is 5.69 Å². The number of benzene rings is 2. The van der Waals surface area contributed by atoms with Crippen molar-refractivity contribution in [3.8, 4) is 0 Å². The maximum Gasteiger partial charge on any atom is 0.329 e. The van der Waals surface area contributed by atoms with Crippen LogP contribution in [-0.2, 0) is 11.3 Å². The molecule has 5 amide bonds. The standard InChI is InChI=1S/C25H31N5O3/c1-3-22-23(31)30(25(33)27-22)21-12-7-11-20(15-21)26-24(32)29-14-8-13-28(16-18(29)2)17-19-9-5-4-6-10-19/h4-7,9-12,15,18,22H,3,8,13-14,16-17H2,1-2H3,(H,26,32)(H,27,33). The van der Waals surface area contributed by atoms with Crippen molar-refractivity contribution in [2.45, 2.75) is 45.3 Å². The summed E-state index contributed by atoms with van der Waals surface area (Å²) < 4.78 is 0. The van der Waals surface area contributed by atoms with Crippen LogP contribution in [0.15, 0.2) is 54.6 Å². The van der Waals surface area contributed by atoms with Gasteiger partial charge >= 0.3 is 12.1 Å². The summed E-state index contributed by atoms with van der Waals surface area (Å²) in [5.74, 6) is -0.273. The lowest BCUT2D eigenvalue weighted by Gasteiger charge is -2.29. The third kappa shape index (κ3) is 5.17. The van der Waals surface area contributed by atoms with Crippen molar-refractivity contribution in [1.82, 2.24) is 15.1 Å². The van der Waals surface area contributed by atoms with Crippen LogP contribution in [0.1, 0.15) is 32.3 Å². The molecule has 0 bridgehead atoms. The van der Waals surface area contributed by atoms with Gasteiger partial charge in [-0.25, -0.2) is 14.5 Å². The molecule has 2 fully saturated rings. The Morgan fingerprint density at radius 2 is 1.88 bits per heavy atom. The van der Waals surface area contributed by atoms with E-state index in [1.165, 1.54) is 5.56 Å². The van der Waals surface area contributed by atoms with Crippen molar-refractivity contribution in [3.05, 3.63) is 60.2 Å². The number of carbonyl (C=O) groups excluding carboxylic acids is 3. The van der Waals surface area contributed by atoms with Crippen LogP contribution in [0.5, 0.6) is 0 Å². The summed E-state index contributed by atoms with van der Waals surface area (Å²) in [6.45, 7) is 7.19. The van der Waals surface area contributed by atoms with Crippen LogP contribution >= 0.6 is 0 Å². The summed E-state index contributed by atoms with van der Waals surface area (Å²) in [6, 6.07) is 16.2. The van der Waals surface area contributed by atoms with Gasteiger partial charge in [-0.05, 0) is 43.5 Å². The summed E-state index contributed by atoms with van der Waals surface area (Å²) in [6.07, 6.45) is 1.43. The van der Waals surface area contributed by atoms with Gasteiger partial charge in [0.1, 0.15) is 6.04 Å². The molecule has 2 aromatic carbocycles. The van der Waals surface area contributed by atoms with Gasteiger partial charge in [0.2, 0.25) is 0 Å². The molecule has 8 nitrogen and oxygen atoms in total. The average Bonchev–Trinajstić information content (AvgIpc) is 2.96. The maximum absolute atomic E-state index is 13.1. The zero-order valence-corrected chi connectivity index (χ0v) is 19.2. The lowest BCUT2D eigenvalue weighted by Crippen LogP contribution is -2.44. The molecule has 174 valence electrons. The second-order valence-electron chi connectivity index (χ2n) is 8.68. The molecule has 2 N–H and O–H groups in total. The number of nitrogens with one attached hydrogen (secondary N) is 2. The first kappa shape index (κ1) is 22.8. The zero-order chi connectivity index (χ0) is 23.4. The predicted molar refractivity (Wildman–Crippen MR) is 128 cm³/mol. The number of imide groups is 1. The van der Waals surface area contributed by atoms with Gasteiger partial charge in [-0.1, -0.05) is 43.3 Å². The van der Waals surface area contributed by atoms with E-state index in [4.69, 9.17) is 0 Å². The Balaban J connectivity index is 1.40. The molecule has 0 radical (unpaired) electrons. The Morgan fingerprint density at radius 3 is 2.61 bits per heavy atom. The van der Waals surface area contributed by atoms with E-state index in [1.807, 2.05) is 30.0 Å². The largest absolute Gasteiger partial charge is 0.329 e. The van der Waals surface area contributed by atoms with E-state index in [2.05, 4.69) is 34.6 Å². The number of hydrogen-bond donors (Lipinski definition) is 2. The second-order valence-corrected chi connectivity index (χ2v) is 8.68. The van der Waals surface area contributed by atoms with Gasteiger partial charge in [-0.15, -0.1) is 0 Å². The Kier molecular flexibility index (Phi) is 6.93. The van der Waals surface area contributed by atoms with E-state index in [-0.39, 0.29) is 18.0 Å². The third-order valence-electron chi connectivity index (χ3n) is 6.22. The van der Waals surface area contributed by atoms with Gasteiger partial charge in [0.15, 0.2) is 0 Å². The zero-order valence-electron chi connectivity index (χ0n) is 19.2. The molecule has 4 rings (SSSR count). The normalized spacial score (nSPS) is 21.6. The number of carbonyl (C=O) groups is 3. The van der Waals surface area contributed by atoms with Crippen LogP contribution in [0, 0.1) is 0 Å². The smallest absolute Gasteiger partial charge is 0.325 e. The van der Waals surface area contributed by atoms with Crippen molar-refractivity contribution in [3.63, 3.8) is 0 Å². The summed E-state index contributed by atoms with van der Waals surface area (Å²) in [5, 5.41) is 5.64. The fourth-order valence-electron chi connectivity index (χ4n) is 4.51. The van der Waals surface area contributed by atoms with Crippen molar-refractivity contribution >= 4 is 29.3 Å². The first-order valence-electron chi connectivity index (χ1n) is 11.5. The minimum atomic E-state index is -0.507. The number of nitrogens with zero attached hydrogens (tertiary/aromatic N) is 3. The van der Waals surface area contributed by atoms with Crippen LogP contribution in [0.4, 0.5) is 21.0 Å². The molecule has 33 heavy (non-hydrogen) atoms. The number of anilines is 2. The molecule has 2 aromatic rings. The lowest BCUT2D eigenvalue weighted by atomic mass is 10.2. The molecular formula is C25H31N5O3. The highest BCUT2D eigenvalue weighted by molar-refractivity contribution is 6.21. The third-order valence-corrected chi connectivity index (χ3v) is 6.22. The van der Waals surface area contributed by atoms with Crippen LogP contribution in [0.2, 0.25) is 0 Å². The Morgan fingerprint density at radius 1 is 1.09 bits per heavy atom. The fourth-order valence-corrected chi connectivity index (χ4v) is 4.51. The molecule has 0 saturated carbocycles. The molecule has 0 spiro atoms. The topological polar surface area (TPSA) is 85.0 Å². The highest BCUT2D eigenvalue weighted by Gasteiger charge is 2.38. The van der Waals surface area contributed by atoms with Crippen LogP contribution in [0.3, 0.4) is 0 Å². The van der Waals surface area contributed by atoms with Crippen molar-refractivity contribution in [2.75, 3.05) is 29.9 Å². The summed E-state index contributed by atoms with van der Waals surface area (Å²) in [7, 11) is 0. The monoisotopic (exact) mass is 449 g/mol. The highest BCUT2D eigenvalue weighted by atomic mass is 16.2. The maximum atomic E-state index is 13.1. The van der Waals surface area contributed by atoms with Crippen molar-refractivity contribution in [1.29, 1.82) is 0 Å². The van der Waals surface area contributed by atoms with Gasteiger partial charge in [-0.3, -0.25) is 9.69 Å². The lowest BCUT2D eigenvalue weighted by molar-refractivity contribution is -0.118. The van der Waals surface area contributed by atoms with E-state index in [9.17, 15) is 14.4 Å². The Hall–Kier alpha value is -3.39. The molecule has 0 aromatic heterocycles. The van der Waals surface area contributed by atoms with E-state index in [1.54, 1.807) is 24.3 Å². The predicted octanol–water partition coefficient (Wildman–Crippen LogP) is 3.65. The minimum absolute atomic E-state index is 0.0515. The summed E-state index contributed by atoms with van der Waals surface area (Å²) in [5.41, 5.74) is 2.27. The van der Waals surface area contributed by atoms with Crippen LogP contribution < -0.4 is 15.5 Å². The van der Waals surface area contributed by atoms with Gasteiger partial charge in [0.25, 0.3) is 5.91 Å². The fraction of sp³-hybridized carbons (Fsp3) is 0.400. The first-order valence-corrected chi connectivity index (χ1v) is 11.5. The molecule has 2 aliphatic rings. The molecule has 2 unspecified atom stereocenters. The van der Waals surface area contributed by atoms with Crippen molar-refractivity contribution < 1.29 is 14.4 Å². The quantitative estimate of drug-likeness (QED) is 0.683. The molecule has 0 aliphatic carbocycles. The molecular weight excluding hydrogens is 418 g/mol. The van der Waals surface area contributed by atoms with E-state index < -0.39 is 12.1 Å². The van der Waals surface area contributed by atoms with Gasteiger partial charge in [-0.2, -0.15) is 0 Å². The van der Waals surface area contributed by atoms with Crippen molar-refractivity contribution in [2.24, 2.45) is 0 Å². The number of amides is 5. The molecule has 2 heterocycles. The first-order chi connectivity index (χ1) is 16.0. The van der Waals surface area contributed by atoms with E-state index in [0.717, 1.165) is 31.0 Å². The molecule has 2 atom stereocenters.